The second-order valence-corrected chi connectivity index (χ2v) is 10.2. The fraction of sp³-hybridized carbons (Fsp3) is 0.458. The van der Waals surface area contributed by atoms with Crippen molar-refractivity contribution >= 4 is 27.3 Å². The Morgan fingerprint density at radius 2 is 1.61 bits per heavy atom. The summed E-state index contributed by atoms with van der Waals surface area (Å²) < 4.78 is 38.7. The predicted octanol–water partition coefficient (Wildman–Crippen LogP) is 3.35. The van der Waals surface area contributed by atoms with Gasteiger partial charge in [0.05, 0.1) is 30.8 Å². The Balaban J connectivity index is 1.53. The molecule has 0 aromatic heterocycles. The average Bonchev–Trinajstić information content (AvgIpc) is 3.15. The number of nitrogens with one attached hydrogen (secondary N) is 1. The van der Waals surface area contributed by atoms with Crippen molar-refractivity contribution in [2.75, 3.05) is 56.7 Å². The number of carbonyl (C=O) groups is 1. The van der Waals surface area contributed by atoms with Gasteiger partial charge in [0.15, 0.2) is 0 Å². The standard InChI is InChI=1S/C24H31N3O5S/c1-31-23-11-10-21(33(29,30)27-12-4-2-3-5-13-27)18-22(23)24(28)25-19-6-8-20(9-7-19)26-14-16-32-17-15-26/h6-11,18H,2-5,12-17H2,1H3,(H,25,28). The summed E-state index contributed by atoms with van der Waals surface area (Å²) in [5.41, 5.74) is 1.88. The van der Waals surface area contributed by atoms with E-state index in [1.165, 1.54) is 23.5 Å². The number of hydrogen-bond acceptors (Lipinski definition) is 6. The van der Waals surface area contributed by atoms with E-state index in [-0.39, 0.29) is 10.5 Å². The number of benzene rings is 2. The maximum Gasteiger partial charge on any atom is 0.259 e. The van der Waals surface area contributed by atoms with Gasteiger partial charge in [-0.2, -0.15) is 4.31 Å². The quantitative estimate of drug-likeness (QED) is 0.692. The molecule has 1 N–H and O–H groups in total. The van der Waals surface area contributed by atoms with Crippen LogP contribution in [-0.2, 0) is 14.8 Å². The summed E-state index contributed by atoms with van der Waals surface area (Å²) in [4.78, 5) is 15.4. The molecule has 2 heterocycles. The molecule has 2 aliphatic rings. The molecule has 0 aliphatic carbocycles. The maximum absolute atomic E-state index is 13.2. The van der Waals surface area contributed by atoms with E-state index in [1.807, 2.05) is 24.3 Å². The van der Waals surface area contributed by atoms with Crippen molar-refractivity contribution in [3.8, 4) is 5.75 Å². The van der Waals surface area contributed by atoms with Gasteiger partial charge in [-0.1, -0.05) is 12.8 Å². The molecule has 33 heavy (non-hydrogen) atoms. The van der Waals surface area contributed by atoms with Gasteiger partial charge in [0, 0.05) is 37.6 Å². The van der Waals surface area contributed by atoms with E-state index in [4.69, 9.17) is 9.47 Å². The third-order valence-corrected chi connectivity index (χ3v) is 8.01. The molecule has 1 amide bonds. The molecule has 2 aliphatic heterocycles. The zero-order valence-corrected chi connectivity index (χ0v) is 19.8. The van der Waals surface area contributed by atoms with Gasteiger partial charge in [0.1, 0.15) is 5.75 Å². The molecule has 0 unspecified atom stereocenters. The largest absolute Gasteiger partial charge is 0.496 e. The van der Waals surface area contributed by atoms with Crippen LogP contribution in [0.5, 0.6) is 5.75 Å². The minimum Gasteiger partial charge on any atom is -0.496 e. The zero-order chi connectivity index (χ0) is 23.3. The monoisotopic (exact) mass is 473 g/mol. The Kier molecular flexibility index (Phi) is 7.52. The van der Waals surface area contributed by atoms with Crippen LogP contribution in [0, 0.1) is 0 Å². The number of hydrogen-bond donors (Lipinski definition) is 1. The molecule has 0 radical (unpaired) electrons. The fourth-order valence-corrected chi connectivity index (χ4v) is 5.78. The molecule has 0 saturated carbocycles. The lowest BCUT2D eigenvalue weighted by Gasteiger charge is -2.28. The van der Waals surface area contributed by atoms with E-state index < -0.39 is 15.9 Å². The lowest BCUT2D eigenvalue weighted by molar-refractivity contribution is 0.102. The van der Waals surface area contributed by atoms with Gasteiger partial charge < -0.3 is 19.7 Å². The van der Waals surface area contributed by atoms with E-state index in [9.17, 15) is 13.2 Å². The highest BCUT2D eigenvalue weighted by Gasteiger charge is 2.27. The van der Waals surface area contributed by atoms with Gasteiger partial charge in [-0.05, 0) is 55.3 Å². The van der Waals surface area contributed by atoms with E-state index in [1.54, 1.807) is 6.07 Å². The lowest BCUT2D eigenvalue weighted by Crippen LogP contribution is -2.36. The van der Waals surface area contributed by atoms with Gasteiger partial charge in [0.2, 0.25) is 10.0 Å². The van der Waals surface area contributed by atoms with Crippen LogP contribution in [0.25, 0.3) is 0 Å². The van der Waals surface area contributed by atoms with Gasteiger partial charge in [-0.25, -0.2) is 8.42 Å². The molecule has 9 heteroatoms. The normalized spacial score (nSPS) is 17.9. The molecule has 2 aromatic rings. The molecule has 178 valence electrons. The van der Waals surface area contributed by atoms with Crippen LogP contribution in [-0.4, -0.2) is 65.1 Å². The number of sulfonamides is 1. The topological polar surface area (TPSA) is 88.2 Å². The number of methoxy groups -OCH3 is 1. The number of amides is 1. The number of ether oxygens (including phenoxy) is 2. The third kappa shape index (κ3) is 5.48. The first-order valence-corrected chi connectivity index (χ1v) is 12.9. The van der Waals surface area contributed by atoms with Gasteiger partial charge in [0.25, 0.3) is 5.91 Å². The van der Waals surface area contributed by atoms with Crippen molar-refractivity contribution in [3.05, 3.63) is 48.0 Å². The molecule has 0 spiro atoms. The van der Waals surface area contributed by atoms with E-state index in [0.717, 1.165) is 44.5 Å². The van der Waals surface area contributed by atoms with E-state index in [2.05, 4.69) is 10.2 Å². The highest BCUT2D eigenvalue weighted by Crippen LogP contribution is 2.27. The van der Waals surface area contributed by atoms with Crippen LogP contribution < -0.4 is 15.0 Å². The van der Waals surface area contributed by atoms with Gasteiger partial charge >= 0.3 is 0 Å². The number of morpholine rings is 1. The van der Waals surface area contributed by atoms with Crippen molar-refractivity contribution in [1.29, 1.82) is 0 Å². The van der Waals surface area contributed by atoms with Crippen LogP contribution in [0.2, 0.25) is 0 Å². The van der Waals surface area contributed by atoms with Crippen molar-refractivity contribution < 1.29 is 22.7 Å². The van der Waals surface area contributed by atoms with E-state index >= 15 is 0 Å². The van der Waals surface area contributed by atoms with Gasteiger partial charge in [-0.15, -0.1) is 0 Å². The summed E-state index contributed by atoms with van der Waals surface area (Å²) in [6, 6.07) is 12.1. The Bertz CT molecular complexity index is 1060. The van der Waals surface area contributed by atoms with Crippen LogP contribution in [0.1, 0.15) is 36.0 Å². The Morgan fingerprint density at radius 3 is 2.24 bits per heavy atom. The summed E-state index contributed by atoms with van der Waals surface area (Å²) in [7, 11) is -2.21. The first-order valence-electron chi connectivity index (χ1n) is 11.4. The summed E-state index contributed by atoms with van der Waals surface area (Å²) in [6.07, 6.45) is 3.77. The maximum atomic E-state index is 13.2. The molecule has 2 fully saturated rings. The molecule has 0 atom stereocenters. The van der Waals surface area contributed by atoms with Gasteiger partial charge in [-0.3, -0.25) is 4.79 Å². The lowest BCUT2D eigenvalue weighted by atomic mass is 10.1. The second kappa shape index (κ2) is 10.5. The first-order chi connectivity index (χ1) is 16.0. The third-order valence-electron chi connectivity index (χ3n) is 6.12. The van der Waals surface area contributed by atoms with Crippen molar-refractivity contribution in [1.82, 2.24) is 4.31 Å². The molecule has 2 saturated heterocycles. The van der Waals surface area contributed by atoms with Crippen molar-refractivity contribution in [2.24, 2.45) is 0 Å². The van der Waals surface area contributed by atoms with Crippen LogP contribution in [0.15, 0.2) is 47.4 Å². The summed E-state index contributed by atoms with van der Waals surface area (Å²) >= 11 is 0. The zero-order valence-electron chi connectivity index (χ0n) is 19.0. The van der Waals surface area contributed by atoms with Crippen LogP contribution in [0.3, 0.4) is 0 Å². The highest BCUT2D eigenvalue weighted by molar-refractivity contribution is 7.89. The highest BCUT2D eigenvalue weighted by atomic mass is 32.2. The number of rotatable bonds is 6. The minimum atomic E-state index is -3.68. The van der Waals surface area contributed by atoms with Crippen LogP contribution in [0.4, 0.5) is 11.4 Å². The average molecular weight is 474 g/mol. The SMILES string of the molecule is COc1ccc(S(=O)(=O)N2CCCCCC2)cc1C(=O)Nc1ccc(N2CCOCC2)cc1. The summed E-state index contributed by atoms with van der Waals surface area (Å²) in [5, 5.41) is 2.86. The van der Waals surface area contributed by atoms with E-state index in [0.29, 0.717) is 37.7 Å². The minimum absolute atomic E-state index is 0.109. The molecule has 0 bridgehead atoms. The Morgan fingerprint density at radius 1 is 0.939 bits per heavy atom. The van der Waals surface area contributed by atoms with Crippen molar-refractivity contribution in [3.63, 3.8) is 0 Å². The second-order valence-electron chi connectivity index (χ2n) is 8.28. The number of anilines is 2. The molecular weight excluding hydrogens is 442 g/mol. The Hall–Kier alpha value is -2.62. The molecule has 4 rings (SSSR count). The predicted molar refractivity (Wildman–Crippen MR) is 128 cm³/mol. The van der Waals surface area contributed by atoms with Crippen molar-refractivity contribution in [2.45, 2.75) is 30.6 Å². The molecule has 2 aromatic carbocycles. The fourth-order valence-electron chi connectivity index (χ4n) is 4.23. The summed E-state index contributed by atoms with van der Waals surface area (Å²) in [6.45, 7) is 4.09. The summed E-state index contributed by atoms with van der Waals surface area (Å²) in [5.74, 6) is -0.0915. The molecule has 8 nitrogen and oxygen atoms in total. The smallest absolute Gasteiger partial charge is 0.259 e. The Labute approximate surface area is 195 Å². The van der Waals surface area contributed by atoms with Crippen LogP contribution >= 0.6 is 0 Å². The number of nitrogens with zero attached hydrogens (tertiary/aromatic N) is 2. The first kappa shape index (κ1) is 23.5. The number of carbonyl (C=O) groups excluding carboxylic acids is 1. The molecular formula is C24H31N3O5S.